The molecular weight excluding hydrogens is 565 g/mol. The van der Waals surface area contributed by atoms with Gasteiger partial charge in [-0.1, -0.05) is 47.0 Å². The highest BCUT2D eigenvalue weighted by Gasteiger charge is 2.28. The quantitative estimate of drug-likeness (QED) is 0.227. The van der Waals surface area contributed by atoms with Crippen LogP contribution in [0.15, 0.2) is 64.3 Å². The number of likely N-dealkylation sites (tertiary alicyclic amines) is 1. The summed E-state index contributed by atoms with van der Waals surface area (Å²) in [5.74, 6) is 0.301. The van der Waals surface area contributed by atoms with Crippen LogP contribution in [0, 0.1) is 0 Å². The Morgan fingerprint density at radius 3 is 2.45 bits per heavy atom. The SMILES string of the molecule is COc1cccc(Cl)c1-n1c(C=C(C)C)c(C(=O)N2CCCCC2)cc(-c2nc(-c3ccc(Cl)cc3)cs2)c1=O. The Labute approximate surface area is 247 Å². The molecule has 1 amide bonds. The molecule has 0 bridgehead atoms. The molecule has 0 saturated carbocycles. The predicted octanol–water partition coefficient (Wildman–Crippen LogP) is 7.99. The normalized spacial score (nSPS) is 13.3. The number of allylic oxidation sites excluding steroid dienone is 1. The first kappa shape index (κ1) is 28.1. The molecule has 1 fully saturated rings. The van der Waals surface area contributed by atoms with Crippen LogP contribution >= 0.6 is 34.5 Å². The Morgan fingerprint density at radius 2 is 1.77 bits per heavy atom. The summed E-state index contributed by atoms with van der Waals surface area (Å²) in [6.07, 6.45) is 4.85. The molecule has 0 aliphatic carbocycles. The summed E-state index contributed by atoms with van der Waals surface area (Å²) < 4.78 is 7.15. The molecule has 206 valence electrons. The van der Waals surface area contributed by atoms with Gasteiger partial charge in [-0.25, -0.2) is 4.98 Å². The van der Waals surface area contributed by atoms with Gasteiger partial charge in [0, 0.05) is 29.1 Å². The number of aromatic nitrogens is 2. The van der Waals surface area contributed by atoms with Crippen LogP contribution in [0.3, 0.4) is 0 Å². The summed E-state index contributed by atoms with van der Waals surface area (Å²) in [5.41, 5.74) is 3.77. The second kappa shape index (κ2) is 12.0. The summed E-state index contributed by atoms with van der Waals surface area (Å²) in [6.45, 7) is 5.21. The zero-order chi connectivity index (χ0) is 28.4. The zero-order valence-electron chi connectivity index (χ0n) is 22.5. The Morgan fingerprint density at radius 1 is 1.05 bits per heavy atom. The lowest BCUT2D eigenvalue weighted by molar-refractivity contribution is 0.0723. The van der Waals surface area contributed by atoms with Crippen molar-refractivity contribution < 1.29 is 9.53 Å². The average Bonchev–Trinajstić information content (AvgIpc) is 3.44. The first-order valence-corrected chi connectivity index (χ1v) is 14.7. The summed E-state index contributed by atoms with van der Waals surface area (Å²) in [5, 5.41) is 3.37. The average molecular weight is 595 g/mol. The lowest BCUT2D eigenvalue weighted by Crippen LogP contribution is -2.37. The van der Waals surface area contributed by atoms with Crippen molar-refractivity contribution in [2.24, 2.45) is 0 Å². The number of pyridine rings is 1. The fourth-order valence-corrected chi connectivity index (χ4v) is 6.10. The largest absolute Gasteiger partial charge is 0.495 e. The first-order chi connectivity index (χ1) is 19.3. The highest BCUT2D eigenvalue weighted by Crippen LogP contribution is 2.35. The van der Waals surface area contributed by atoms with Crippen molar-refractivity contribution in [3.05, 3.63) is 91.1 Å². The Hall–Kier alpha value is -3.39. The molecule has 9 heteroatoms. The molecular formula is C31H29Cl2N3O3S. The van der Waals surface area contributed by atoms with Gasteiger partial charge in [-0.3, -0.25) is 14.2 Å². The predicted molar refractivity (Wildman–Crippen MR) is 164 cm³/mol. The maximum absolute atomic E-state index is 14.4. The minimum Gasteiger partial charge on any atom is -0.495 e. The molecule has 0 atom stereocenters. The highest BCUT2D eigenvalue weighted by atomic mass is 35.5. The maximum Gasteiger partial charge on any atom is 0.266 e. The number of carbonyl (C=O) groups is 1. The fourth-order valence-electron chi connectivity index (χ4n) is 4.89. The van der Waals surface area contributed by atoms with Crippen LogP contribution in [0.2, 0.25) is 10.0 Å². The molecule has 4 aromatic rings. The number of para-hydroxylation sites is 1. The summed E-state index contributed by atoms with van der Waals surface area (Å²) in [6, 6.07) is 14.3. The summed E-state index contributed by atoms with van der Waals surface area (Å²) >= 11 is 14.1. The van der Waals surface area contributed by atoms with Gasteiger partial charge in [0.25, 0.3) is 11.5 Å². The van der Waals surface area contributed by atoms with E-state index in [0.717, 1.165) is 36.1 Å². The van der Waals surface area contributed by atoms with Crippen LogP contribution in [0.25, 0.3) is 33.6 Å². The first-order valence-electron chi connectivity index (χ1n) is 13.1. The number of carbonyl (C=O) groups excluding carboxylic acids is 1. The third-order valence-corrected chi connectivity index (χ3v) is 8.24. The van der Waals surface area contributed by atoms with E-state index in [-0.39, 0.29) is 11.5 Å². The van der Waals surface area contributed by atoms with Crippen molar-refractivity contribution in [1.82, 2.24) is 14.5 Å². The van der Waals surface area contributed by atoms with E-state index in [4.69, 9.17) is 32.9 Å². The molecule has 2 aromatic heterocycles. The lowest BCUT2D eigenvalue weighted by atomic mass is 10.0. The van der Waals surface area contributed by atoms with Gasteiger partial charge in [-0.2, -0.15) is 0 Å². The molecule has 0 spiro atoms. The highest BCUT2D eigenvalue weighted by molar-refractivity contribution is 7.13. The maximum atomic E-state index is 14.4. The van der Waals surface area contributed by atoms with Crippen molar-refractivity contribution in [1.29, 1.82) is 0 Å². The van der Waals surface area contributed by atoms with Gasteiger partial charge < -0.3 is 9.64 Å². The van der Waals surface area contributed by atoms with E-state index in [9.17, 15) is 9.59 Å². The number of rotatable bonds is 6. The zero-order valence-corrected chi connectivity index (χ0v) is 24.9. The molecule has 0 radical (unpaired) electrons. The number of hydrogen-bond acceptors (Lipinski definition) is 5. The molecule has 1 saturated heterocycles. The molecule has 6 nitrogen and oxygen atoms in total. The number of halogens is 2. The van der Waals surface area contributed by atoms with Gasteiger partial charge in [-0.15, -0.1) is 11.3 Å². The number of nitrogens with zero attached hydrogens (tertiary/aromatic N) is 3. The van der Waals surface area contributed by atoms with E-state index in [1.165, 1.54) is 23.0 Å². The van der Waals surface area contributed by atoms with Crippen molar-refractivity contribution in [2.75, 3.05) is 20.2 Å². The van der Waals surface area contributed by atoms with E-state index < -0.39 is 0 Å². The Kier molecular flexibility index (Phi) is 8.45. The van der Waals surface area contributed by atoms with Gasteiger partial charge in [0.15, 0.2) is 0 Å². The number of amides is 1. The molecule has 40 heavy (non-hydrogen) atoms. The number of methoxy groups -OCH3 is 1. The number of piperidine rings is 1. The minimum absolute atomic E-state index is 0.122. The van der Waals surface area contributed by atoms with Crippen molar-refractivity contribution in [3.63, 3.8) is 0 Å². The topological polar surface area (TPSA) is 64.4 Å². The van der Waals surface area contributed by atoms with Gasteiger partial charge in [-0.05, 0) is 69.5 Å². The van der Waals surface area contributed by atoms with E-state index in [0.29, 0.717) is 56.4 Å². The van der Waals surface area contributed by atoms with Crippen LogP contribution in [0.5, 0.6) is 5.75 Å². The van der Waals surface area contributed by atoms with E-state index in [2.05, 4.69) is 0 Å². The number of hydrogen-bond donors (Lipinski definition) is 0. The van der Waals surface area contributed by atoms with Crippen LogP contribution in [-0.4, -0.2) is 40.6 Å². The number of thiazole rings is 1. The third-order valence-electron chi connectivity index (χ3n) is 6.81. The van der Waals surface area contributed by atoms with Crippen LogP contribution in [-0.2, 0) is 0 Å². The molecule has 2 aromatic carbocycles. The smallest absolute Gasteiger partial charge is 0.266 e. The van der Waals surface area contributed by atoms with Crippen molar-refractivity contribution in [3.8, 4) is 33.3 Å². The summed E-state index contributed by atoms with van der Waals surface area (Å²) in [4.78, 5) is 35.1. The standard InChI is InChI=1S/C31H29Cl2N3O3S/c1-19(2)16-26-22(30(37)35-14-5-4-6-15-35)17-23(29-34-25(18-40-29)20-10-12-21(32)13-11-20)31(38)36(26)28-24(33)8-7-9-27(28)39-3/h7-13,16-18H,4-6,14-15H2,1-3H3. The van der Waals surface area contributed by atoms with Crippen LogP contribution < -0.4 is 10.3 Å². The monoisotopic (exact) mass is 593 g/mol. The molecule has 1 aliphatic rings. The molecule has 5 rings (SSSR count). The molecule has 3 heterocycles. The lowest BCUT2D eigenvalue weighted by Gasteiger charge is -2.28. The van der Waals surface area contributed by atoms with E-state index in [1.807, 2.05) is 42.3 Å². The van der Waals surface area contributed by atoms with E-state index in [1.54, 1.807) is 36.4 Å². The van der Waals surface area contributed by atoms with Crippen LogP contribution in [0.4, 0.5) is 0 Å². The number of ether oxygens (including phenoxy) is 1. The third kappa shape index (κ3) is 5.59. The Balaban J connectivity index is 1.80. The molecule has 1 aliphatic heterocycles. The summed E-state index contributed by atoms with van der Waals surface area (Å²) in [7, 11) is 1.53. The van der Waals surface area contributed by atoms with Crippen molar-refractivity contribution in [2.45, 2.75) is 33.1 Å². The van der Waals surface area contributed by atoms with Gasteiger partial charge in [0.1, 0.15) is 16.4 Å². The van der Waals surface area contributed by atoms with E-state index >= 15 is 0 Å². The van der Waals surface area contributed by atoms with Gasteiger partial charge in [0.2, 0.25) is 0 Å². The number of benzene rings is 2. The van der Waals surface area contributed by atoms with Gasteiger partial charge >= 0.3 is 0 Å². The van der Waals surface area contributed by atoms with Crippen LogP contribution in [0.1, 0.15) is 49.2 Å². The second-order valence-corrected chi connectivity index (χ2v) is 11.6. The fraction of sp³-hybridized carbons (Fsp3) is 0.258. The van der Waals surface area contributed by atoms with Crippen molar-refractivity contribution >= 4 is 46.5 Å². The molecule has 0 unspecified atom stereocenters. The second-order valence-electron chi connectivity index (χ2n) is 9.91. The minimum atomic E-state index is -0.342. The molecule has 0 N–H and O–H groups in total. The Bertz CT molecular complexity index is 1650. The van der Waals surface area contributed by atoms with Gasteiger partial charge in [0.05, 0.1) is 34.6 Å².